The normalized spacial score (nSPS) is 11.2. The summed E-state index contributed by atoms with van der Waals surface area (Å²) in [6.45, 7) is 6.76. The molecule has 0 heterocycles. The minimum absolute atomic E-state index is 0.495. The van der Waals surface area contributed by atoms with E-state index in [-0.39, 0.29) is 0 Å². The summed E-state index contributed by atoms with van der Waals surface area (Å²) in [7, 11) is 0. The Labute approximate surface area is 121 Å². The summed E-state index contributed by atoms with van der Waals surface area (Å²) in [6.07, 6.45) is 15.8. The zero-order valence-corrected chi connectivity index (χ0v) is 13.7. The van der Waals surface area contributed by atoms with Gasteiger partial charge in [0.05, 0.1) is 0 Å². The molecule has 0 radical (unpaired) electrons. The maximum atomic E-state index is 11.7. The van der Waals surface area contributed by atoms with Crippen LogP contribution in [0.5, 0.6) is 0 Å². The molecule has 0 N–H and O–H groups in total. The largest absolute Gasteiger partial charge is 0.300 e. The first kappa shape index (κ1) is 18.7. The van der Waals surface area contributed by atoms with Gasteiger partial charge in [-0.15, -0.1) is 0 Å². The molecule has 0 bridgehead atoms. The molecule has 0 saturated carbocycles. The van der Waals surface area contributed by atoms with E-state index in [0.29, 0.717) is 5.78 Å². The van der Waals surface area contributed by atoms with E-state index < -0.39 is 0 Å². The summed E-state index contributed by atoms with van der Waals surface area (Å²) in [5, 5.41) is 0. The molecular weight excluding hydrogens is 232 g/mol. The van der Waals surface area contributed by atoms with Crippen LogP contribution in [0.4, 0.5) is 0 Å². The van der Waals surface area contributed by atoms with E-state index >= 15 is 0 Å². The highest BCUT2D eigenvalue weighted by Gasteiger charge is 2.02. The summed E-state index contributed by atoms with van der Waals surface area (Å²) in [5.41, 5.74) is 0. The fraction of sp³-hybridized carbons (Fsp3) is 0.944. The van der Waals surface area contributed by atoms with E-state index in [1.165, 1.54) is 57.8 Å². The average Bonchev–Trinajstić information content (AvgIpc) is 2.37. The Bertz CT molecular complexity index is 196. The number of unbranched alkanes of at least 4 members (excludes halogenated alkanes) is 8. The van der Waals surface area contributed by atoms with E-state index in [1.807, 2.05) is 0 Å². The third-order valence-electron chi connectivity index (χ3n) is 3.80. The molecule has 0 spiro atoms. The number of carbonyl (C=O) groups excluding carboxylic acids is 1. The monoisotopic (exact) mass is 268 g/mol. The Kier molecular flexibility index (Phi) is 13.8. The molecule has 19 heavy (non-hydrogen) atoms. The van der Waals surface area contributed by atoms with Crippen LogP contribution in [0.15, 0.2) is 0 Å². The van der Waals surface area contributed by atoms with Gasteiger partial charge in [-0.2, -0.15) is 0 Å². The van der Waals surface area contributed by atoms with Crippen LogP contribution in [-0.4, -0.2) is 5.78 Å². The number of hydrogen-bond donors (Lipinski definition) is 0. The van der Waals surface area contributed by atoms with Crippen molar-refractivity contribution >= 4 is 5.78 Å². The Morgan fingerprint density at radius 2 is 1.21 bits per heavy atom. The molecular formula is C18H36O. The smallest absolute Gasteiger partial charge is 0.132 e. The highest BCUT2D eigenvalue weighted by Crippen LogP contribution is 2.12. The predicted molar refractivity (Wildman–Crippen MR) is 85.5 cm³/mol. The van der Waals surface area contributed by atoms with Gasteiger partial charge < -0.3 is 0 Å². The first-order valence-corrected chi connectivity index (χ1v) is 8.68. The first-order chi connectivity index (χ1) is 9.16. The van der Waals surface area contributed by atoms with Crippen molar-refractivity contribution in [3.63, 3.8) is 0 Å². The molecule has 0 aromatic carbocycles. The standard InChI is InChI=1S/C18H36O/c1-4-5-6-7-8-9-10-11-15-18(19)16-13-12-14-17(2)3/h17H,4-16H2,1-3H3. The SMILES string of the molecule is CCCCCCCCCCC(=O)CCCCC(C)C. The zero-order chi connectivity index (χ0) is 14.3. The van der Waals surface area contributed by atoms with Crippen LogP contribution in [0.1, 0.15) is 104 Å². The molecule has 0 fully saturated rings. The van der Waals surface area contributed by atoms with Gasteiger partial charge in [0, 0.05) is 12.8 Å². The minimum Gasteiger partial charge on any atom is -0.300 e. The van der Waals surface area contributed by atoms with Crippen molar-refractivity contribution in [2.24, 2.45) is 5.92 Å². The maximum Gasteiger partial charge on any atom is 0.132 e. The van der Waals surface area contributed by atoms with Crippen LogP contribution in [0.2, 0.25) is 0 Å². The van der Waals surface area contributed by atoms with Gasteiger partial charge in [0.15, 0.2) is 0 Å². The van der Waals surface area contributed by atoms with Crippen molar-refractivity contribution in [2.75, 3.05) is 0 Å². The van der Waals surface area contributed by atoms with Crippen LogP contribution in [0.25, 0.3) is 0 Å². The third-order valence-corrected chi connectivity index (χ3v) is 3.80. The van der Waals surface area contributed by atoms with Gasteiger partial charge in [0.2, 0.25) is 0 Å². The van der Waals surface area contributed by atoms with Crippen molar-refractivity contribution < 1.29 is 4.79 Å². The number of hydrogen-bond acceptors (Lipinski definition) is 1. The highest BCUT2D eigenvalue weighted by molar-refractivity contribution is 5.78. The molecule has 1 nitrogen and oxygen atoms in total. The molecule has 0 aliphatic carbocycles. The Morgan fingerprint density at radius 1 is 0.737 bits per heavy atom. The molecule has 0 unspecified atom stereocenters. The molecule has 0 aliphatic heterocycles. The van der Waals surface area contributed by atoms with Gasteiger partial charge in [-0.25, -0.2) is 0 Å². The van der Waals surface area contributed by atoms with Gasteiger partial charge in [-0.05, 0) is 18.8 Å². The predicted octanol–water partition coefficient (Wildman–Crippen LogP) is 6.30. The number of rotatable bonds is 14. The fourth-order valence-corrected chi connectivity index (χ4v) is 2.46. The van der Waals surface area contributed by atoms with E-state index in [0.717, 1.165) is 31.6 Å². The summed E-state index contributed by atoms with van der Waals surface area (Å²) in [6, 6.07) is 0. The fourth-order valence-electron chi connectivity index (χ4n) is 2.46. The zero-order valence-electron chi connectivity index (χ0n) is 13.7. The number of Topliss-reactive ketones (excluding diaryl/α,β-unsaturated/α-hetero) is 1. The number of ketones is 1. The second-order valence-corrected chi connectivity index (χ2v) is 6.40. The van der Waals surface area contributed by atoms with Gasteiger partial charge >= 0.3 is 0 Å². The Hall–Kier alpha value is -0.330. The van der Waals surface area contributed by atoms with Crippen molar-refractivity contribution in [1.29, 1.82) is 0 Å². The molecule has 0 rings (SSSR count). The molecule has 0 atom stereocenters. The van der Waals surface area contributed by atoms with E-state index in [2.05, 4.69) is 20.8 Å². The minimum atomic E-state index is 0.495. The Morgan fingerprint density at radius 3 is 1.74 bits per heavy atom. The first-order valence-electron chi connectivity index (χ1n) is 8.68. The lowest BCUT2D eigenvalue weighted by atomic mass is 10.0. The Balaban J connectivity index is 3.16. The van der Waals surface area contributed by atoms with Gasteiger partial charge in [0.25, 0.3) is 0 Å². The van der Waals surface area contributed by atoms with E-state index in [1.54, 1.807) is 0 Å². The third kappa shape index (κ3) is 15.6. The van der Waals surface area contributed by atoms with Crippen LogP contribution in [0, 0.1) is 5.92 Å². The lowest BCUT2D eigenvalue weighted by Crippen LogP contribution is -1.98. The molecule has 0 saturated heterocycles. The van der Waals surface area contributed by atoms with Crippen LogP contribution in [-0.2, 0) is 4.79 Å². The summed E-state index contributed by atoms with van der Waals surface area (Å²) < 4.78 is 0. The molecule has 114 valence electrons. The summed E-state index contributed by atoms with van der Waals surface area (Å²) in [5.74, 6) is 1.28. The summed E-state index contributed by atoms with van der Waals surface area (Å²) in [4.78, 5) is 11.7. The van der Waals surface area contributed by atoms with Crippen LogP contribution in [0.3, 0.4) is 0 Å². The van der Waals surface area contributed by atoms with Crippen molar-refractivity contribution in [3.8, 4) is 0 Å². The number of carbonyl (C=O) groups is 1. The van der Waals surface area contributed by atoms with Crippen molar-refractivity contribution in [2.45, 2.75) is 104 Å². The van der Waals surface area contributed by atoms with Gasteiger partial charge in [-0.1, -0.05) is 78.6 Å². The van der Waals surface area contributed by atoms with Gasteiger partial charge in [-0.3, -0.25) is 4.79 Å². The van der Waals surface area contributed by atoms with Crippen LogP contribution < -0.4 is 0 Å². The van der Waals surface area contributed by atoms with Crippen molar-refractivity contribution in [1.82, 2.24) is 0 Å². The summed E-state index contributed by atoms with van der Waals surface area (Å²) >= 11 is 0. The molecule has 0 aromatic heterocycles. The topological polar surface area (TPSA) is 17.1 Å². The maximum absolute atomic E-state index is 11.7. The lowest BCUT2D eigenvalue weighted by molar-refractivity contribution is -0.119. The van der Waals surface area contributed by atoms with Gasteiger partial charge in [0.1, 0.15) is 5.78 Å². The van der Waals surface area contributed by atoms with Crippen LogP contribution >= 0.6 is 0 Å². The average molecular weight is 268 g/mol. The molecule has 0 aromatic rings. The lowest BCUT2D eigenvalue weighted by Gasteiger charge is -2.04. The van der Waals surface area contributed by atoms with E-state index in [9.17, 15) is 4.79 Å². The van der Waals surface area contributed by atoms with Crippen molar-refractivity contribution in [3.05, 3.63) is 0 Å². The second-order valence-electron chi connectivity index (χ2n) is 6.40. The molecule has 0 amide bonds. The van der Waals surface area contributed by atoms with E-state index in [4.69, 9.17) is 0 Å². The molecule has 0 aliphatic rings. The highest BCUT2D eigenvalue weighted by atomic mass is 16.1. The molecule has 1 heteroatoms. The quantitative estimate of drug-likeness (QED) is 0.338. The second kappa shape index (κ2) is 14.1.